The summed E-state index contributed by atoms with van der Waals surface area (Å²) in [5.74, 6) is 0.642. The van der Waals surface area contributed by atoms with E-state index in [1.165, 1.54) is 6.07 Å². The Morgan fingerprint density at radius 1 is 1.12 bits per heavy atom. The molecule has 5 aliphatic rings. The molecule has 0 saturated carbocycles. The normalized spacial score (nSPS) is 24.8. The first-order valence-electron chi connectivity index (χ1n) is 17.6. The zero-order chi connectivity index (χ0) is 35.5. The van der Waals surface area contributed by atoms with Crippen LogP contribution in [0.2, 0.25) is 0 Å². The van der Waals surface area contributed by atoms with Crippen LogP contribution >= 0.6 is 11.8 Å². The number of hydrogen-bond acceptors (Lipinski definition) is 10. The van der Waals surface area contributed by atoms with Crippen molar-refractivity contribution in [2.24, 2.45) is 5.92 Å². The number of fused-ring (bicyclic) bond motifs is 9. The molecule has 13 heteroatoms. The minimum Gasteiger partial charge on any atom is -0.489 e. The maximum atomic E-state index is 15.5. The van der Waals surface area contributed by atoms with Crippen molar-refractivity contribution in [2.45, 2.75) is 69.9 Å². The summed E-state index contributed by atoms with van der Waals surface area (Å²) in [5, 5.41) is 24.9. The van der Waals surface area contributed by atoms with Crippen molar-refractivity contribution in [2.75, 3.05) is 68.2 Å². The molecule has 268 valence electrons. The summed E-state index contributed by atoms with van der Waals surface area (Å²) < 4.78 is 37.4. The number of alkyl halides is 2. The minimum atomic E-state index is -2.93. The van der Waals surface area contributed by atoms with E-state index in [9.17, 15) is 10.1 Å². The van der Waals surface area contributed by atoms with Crippen molar-refractivity contribution >= 4 is 40.1 Å². The van der Waals surface area contributed by atoms with Crippen molar-refractivity contribution in [3.8, 4) is 11.8 Å². The Kier molecular flexibility index (Phi) is 11.0. The van der Waals surface area contributed by atoms with E-state index in [2.05, 4.69) is 26.5 Å². The topological polar surface area (TPSA) is 127 Å². The first kappa shape index (κ1) is 36.1. The predicted octanol–water partition coefficient (Wildman–Crippen LogP) is 5.57. The fourth-order valence-corrected chi connectivity index (χ4v) is 8.82. The highest BCUT2D eigenvalue weighted by molar-refractivity contribution is 7.99. The monoisotopic (exact) mass is 707 g/mol. The smallest absolute Gasteiger partial charge is 0.273 e. The number of benzene rings is 2. The Morgan fingerprint density at radius 3 is 2.66 bits per heavy atom. The Hall–Kier alpha value is -3.73. The van der Waals surface area contributed by atoms with Crippen LogP contribution < -0.4 is 20.3 Å². The van der Waals surface area contributed by atoms with Crippen LogP contribution in [-0.2, 0) is 17.1 Å². The lowest BCUT2D eigenvalue weighted by atomic mass is 9.89. The van der Waals surface area contributed by atoms with E-state index in [0.29, 0.717) is 60.0 Å². The van der Waals surface area contributed by atoms with Gasteiger partial charge in [-0.1, -0.05) is 18.2 Å². The number of nitrogens with zero attached hydrogens (tertiary/aromatic N) is 5. The molecule has 5 aliphatic heterocycles. The zero-order valence-electron chi connectivity index (χ0n) is 29.1. The van der Waals surface area contributed by atoms with E-state index in [4.69, 9.17) is 19.8 Å². The van der Waals surface area contributed by atoms with Gasteiger partial charge in [-0.15, -0.1) is 0 Å². The largest absolute Gasteiger partial charge is 0.489 e. The second-order valence-corrected chi connectivity index (χ2v) is 14.9. The number of ether oxygens (including phenoxy) is 1. The number of aromatic nitrogens is 2. The molecule has 1 amide bonds. The van der Waals surface area contributed by atoms with Gasteiger partial charge in [0.05, 0.1) is 30.2 Å². The van der Waals surface area contributed by atoms with Crippen molar-refractivity contribution < 1.29 is 23.4 Å². The Bertz CT molecular complexity index is 1740. The van der Waals surface area contributed by atoms with Crippen LogP contribution in [-0.4, -0.2) is 89.4 Å². The van der Waals surface area contributed by atoms with Gasteiger partial charge in [-0.05, 0) is 81.2 Å². The van der Waals surface area contributed by atoms with Crippen LogP contribution in [0.5, 0.6) is 5.75 Å². The first-order valence-corrected chi connectivity index (χ1v) is 18.7. The number of carbonyl (C=O) groups excluding carboxylic acids is 1. The minimum absolute atomic E-state index is 0.0284. The zero-order valence-corrected chi connectivity index (χ0v) is 29.9. The van der Waals surface area contributed by atoms with Crippen LogP contribution in [0.3, 0.4) is 0 Å². The maximum absolute atomic E-state index is 15.5. The van der Waals surface area contributed by atoms with Crippen LogP contribution in [0.25, 0.3) is 10.9 Å². The molecule has 2 saturated heterocycles. The standard InChI is InChI=1S/C36H43F2N7O2S.CH4O/c1-23-26-5-3-6-27(17-26)36(37,38)8-7-25-20-44(21-25)12-4-11-40-31(46)19-28-32-29(34(41-23)43-24(2)42-32)18-30-33(28)47-14-13-45(30)35(22-39)9-15-48-16-10-35;1-2/h3,5-6,17-18,23,25H,4,7-16,19-21H2,1-2H3,(H,40,46)(H,41,42,43);2H,1H3/t23-;/m1./s1. The number of aliphatic hydroxyl groups is 1. The Balaban J connectivity index is 0.00000212. The van der Waals surface area contributed by atoms with Gasteiger partial charge < -0.3 is 30.3 Å². The molecule has 2 aromatic carbocycles. The Labute approximate surface area is 297 Å². The molecule has 2 fully saturated rings. The second kappa shape index (κ2) is 15.3. The van der Waals surface area contributed by atoms with Gasteiger partial charge in [0.25, 0.3) is 5.92 Å². The lowest BCUT2D eigenvalue weighted by Gasteiger charge is -2.45. The summed E-state index contributed by atoms with van der Waals surface area (Å²) in [5.41, 5.74) is 2.11. The van der Waals surface area contributed by atoms with Gasteiger partial charge in [-0.25, -0.2) is 18.7 Å². The summed E-state index contributed by atoms with van der Waals surface area (Å²) in [6.07, 6.45) is 2.59. The number of nitriles is 1. The molecular formula is C37H47F2N7O3S. The van der Waals surface area contributed by atoms with E-state index in [0.717, 1.165) is 68.8 Å². The third-order valence-electron chi connectivity index (χ3n) is 10.4. The van der Waals surface area contributed by atoms with E-state index in [-0.39, 0.29) is 36.3 Å². The van der Waals surface area contributed by atoms with E-state index >= 15 is 8.78 Å². The number of carbonyl (C=O) groups is 1. The molecule has 10 nitrogen and oxygen atoms in total. The molecule has 1 atom stereocenters. The summed E-state index contributed by atoms with van der Waals surface area (Å²) >= 11 is 1.86. The molecule has 8 bridgehead atoms. The molecule has 0 spiro atoms. The second-order valence-electron chi connectivity index (χ2n) is 13.7. The van der Waals surface area contributed by atoms with Gasteiger partial charge in [0.15, 0.2) is 0 Å². The van der Waals surface area contributed by atoms with E-state index < -0.39 is 11.5 Å². The number of rotatable bonds is 1. The molecule has 0 radical (unpaired) electrons. The third-order valence-corrected chi connectivity index (χ3v) is 11.4. The third kappa shape index (κ3) is 7.34. The van der Waals surface area contributed by atoms with Gasteiger partial charge in [0, 0.05) is 55.7 Å². The van der Waals surface area contributed by atoms with Gasteiger partial charge in [-0.3, -0.25) is 4.79 Å². The number of halogens is 2. The van der Waals surface area contributed by atoms with E-state index in [1.54, 1.807) is 19.1 Å². The van der Waals surface area contributed by atoms with Crippen molar-refractivity contribution in [1.82, 2.24) is 20.2 Å². The summed E-state index contributed by atoms with van der Waals surface area (Å²) in [6.45, 7) is 7.63. The van der Waals surface area contributed by atoms with Gasteiger partial charge in [0.2, 0.25) is 5.91 Å². The summed E-state index contributed by atoms with van der Waals surface area (Å²) in [4.78, 5) is 27.6. The first-order chi connectivity index (χ1) is 24.2. The quantitative estimate of drug-likeness (QED) is 0.296. The average Bonchev–Trinajstić information content (AvgIpc) is 3.11. The van der Waals surface area contributed by atoms with Crippen molar-refractivity contribution in [1.29, 1.82) is 5.26 Å². The molecule has 3 N–H and O–H groups in total. The van der Waals surface area contributed by atoms with Gasteiger partial charge >= 0.3 is 0 Å². The number of nitrogens with one attached hydrogen (secondary N) is 2. The highest BCUT2D eigenvalue weighted by Crippen LogP contribution is 2.47. The van der Waals surface area contributed by atoms with E-state index in [1.807, 2.05) is 30.8 Å². The summed E-state index contributed by atoms with van der Waals surface area (Å²) in [6, 6.07) is 11.0. The lowest BCUT2D eigenvalue weighted by molar-refractivity contribution is -0.120. The van der Waals surface area contributed by atoms with Gasteiger partial charge in [0.1, 0.15) is 29.5 Å². The SMILES string of the molecule is CO.Cc1nc2c3cc4c(c(c3n1)CC(=O)NCCCN1CC(CCC(F)(F)c3cccc(c3)[C@@H](C)N2)C1)OCCN4C1(C#N)CCSCC1. The molecule has 1 aromatic heterocycles. The van der Waals surface area contributed by atoms with Gasteiger partial charge in [-0.2, -0.15) is 17.0 Å². The number of aliphatic hydroxyl groups excluding tert-OH is 1. The average molecular weight is 708 g/mol. The molecule has 0 unspecified atom stereocenters. The van der Waals surface area contributed by atoms with Crippen molar-refractivity contribution in [3.05, 3.63) is 52.8 Å². The molecular weight excluding hydrogens is 661 g/mol. The van der Waals surface area contributed by atoms with Crippen molar-refractivity contribution in [3.63, 3.8) is 0 Å². The number of aryl methyl sites for hydroxylation is 1. The molecule has 3 aromatic rings. The molecule has 0 aliphatic carbocycles. The molecule has 6 heterocycles. The number of hydrogen-bond donors (Lipinski definition) is 3. The van der Waals surface area contributed by atoms with Crippen LogP contribution in [0.1, 0.15) is 67.6 Å². The maximum Gasteiger partial charge on any atom is 0.273 e. The Morgan fingerprint density at radius 2 is 1.90 bits per heavy atom. The highest BCUT2D eigenvalue weighted by Gasteiger charge is 2.42. The highest BCUT2D eigenvalue weighted by atomic mass is 32.2. The lowest BCUT2D eigenvalue weighted by Crippen LogP contribution is -2.53. The van der Waals surface area contributed by atoms with Crippen LogP contribution in [0.4, 0.5) is 20.3 Å². The number of thioether (sulfide) groups is 1. The molecule has 8 rings (SSSR count). The fourth-order valence-electron chi connectivity index (χ4n) is 7.65. The van der Waals surface area contributed by atoms with Crippen LogP contribution in [0.15, 0.2) is 30.3 Å². The summed E-state index contributed by atoms with van der Waals surface area (Å²) in [7, 11) is 1.00. The number of amides is 1. The molecule has 50 heavy (non-hydrogen) atoms. The predicted molar refractivity (Wildman–Crippen MR) is 193 cm³/mol. The number of anilines is 2. The van der Waals surface area contributed by atoms with Crippen LogP contribution in [0, 0.1) is 24.2 Å². The fraction of sp³-hybridized carbons (Fsp3) is 0.568.